The highest BCUT2D eigenvalue weighted by atomic mass is 32.1. The SMILES string of the molecule is CCc1cc2c(s1)C1CCCC2C1. The first kappa shape index (κ1) is 8.05. The van der Waals surface area contributed by atoms with Crippen LogP contribution in [0.15, 0.2) is 6.07 Å². The summed E-state index contributed by atoms with van der Waals surface area (Å²) in [6, 6.07) is 2.50. The summed E-state index contributed by atoms with van der Waals surface area (Å²) in [6.45, 7) is 2.27. The first-order valence-corrected chi connectivity index (χ1v) is 6.32. The zero-order valence-electron chi connectivity index (χ0n) is 8.18. The highest BCUT2D eigenvalue weighted by molar-refractivity contribution is 7.12. The number of hydrogen-bond acceptors (Lipinski definition) is 1. The molecule has 0 saturated heterocycles. The normalized spacial score (nSPS) is 30.5. The summed E-state index contributed by atoms with van der Waals surface area (Å²) < 4.78 is 0. The minimum atomic E-state index is 0.949. The molecule has 2 unspecified atom stereocenters. The first-order chi connectivity index (χ1) is 6.38. The zero-order valence-corrected chi connectivity index (χ0v) is 8.99. The maximum absolute atomic E-state index is 2.50. The summed E-state index contributed by atoms with van der Waals surface area (Å²) >= 11 is 2.10. The van der Waals surface area contributed by atoms with Crippen LogP contribution in [-0.2, 0) is 6.42 Å². The highest BCUT2D eigenvalue weighted by Crippen LogP contribution is 2.53. The van der Waals surface area contributed by atoms with Gasteiger partial charge >= 0.3 is 0 Å². The van der Waals surface area contributed by atoms with Gasteiger partial charge in [-0.25, -0.2) is 0 Å². The van der Waals surface area contributed by atoms with Crippen LogP contribution in [0.2, 0.25) is 0 Å². The summed E-state index contributed by atoms with van der Waals surface area (Å²) in [6.07, 6.45) is 7.11. The highest BCUT2D eigenvalue weighted by Gasteiger charge is 2.35. The van der Waals surface area contributed by atoms with Crippen molar-refractivity contribution in [1.29, 1.82) is 0 Å². The minimum absolute atomic E-state index is 0.949. The van der Waals surface area contributed by atoms with E-state index in [9.17, 15) is 0 Å². The molecule has 1 heterocycles. The Kier molecular flexibility index (Phi) is 1.76. The molecule has 1 saturated carbocycles. The van der Waals surface area contributed by atoms with Gasteiger partial charge in [0.1, 0.15) is 0 Å². The molecule has 1 fully saturated rings. The van der Waals surface area contributed by atoms with E-state index in [2.05, 4.69) is 24.3 Å². The Morgan fingerprint density at radius 3 is 3.08 bits per heavy atom. The third kappa shape index (κ3) is 1.10. The summed E-state index contributed by atoms with van der Waals surface area (Å²) in [5.74, 6) is 1.91. The van der Waals surface area contributed by atoms with Crippen molar-refractivity contribution in [2.24, 2.45) is 0 Å². The van der Waals surface area contributed by atoms with E-state index in [1.165, 1.54) is 32.1 Å². The summed E-state index contributed by atoms with van der Waals surface area (Å²) in [4.78, 5) is 3.38. The fourth-order valence-corrected chi connectivity index (χ4v) is 4.33. The van der Waals surface area contributed by atoms with Crippen molar-refractivity contribution in [3.63, 3.8) is 0 Å². The molecule has 1 aromatic rings. The lowest BCUT2D eigenvalue weighted by atomic mass is 9.87. The van der Waals surface area contributed by atoms with Gasteiger partial charge in [-0.3, -0.25) is 0 Å². The standard InChI is InChI=1S/C12H16S/c1-2-10-7-11-8-4-3-5-9(6-8)12(11)13-10/h7-9H,2-6H2,1H3. The summed E-state index contributed by atoms with van der Waals surface area (Å²) in [5.41, 5.74) is 1.74. The van der Waals surface area contributed by atoms with Crippen LogP contribution >= 0.6 is 11.3 Å². The lowest BCUT2D eigenvalue weighted by molar-refractivity contribution is 0.436. The van der Waals surface area contributed by atoms with Gasteiger partial charge in [0.25, 0.3) is 0 Å². The fraction of sp³-hybridized carbons (Fsp3) is 0.667. The van der Waals surface area contributed by atoms with Crippen LogP contribution in [0.4, 0.5) is 0 Å². The predicted molar refractivity (Wildman–Crippen MR) is 57.6 cm³/mol. The van der Waals surface area contributed by atoms with Crippen molar-refractivity contribution < 1.29 is 0 Å². The van der Waals surface area contributed by atoms with E-state index in [4.69, 9.17) is 0 Å². The molecule has 13 heavy (non-hydrogen) atoms. The average molecular weight is 192 g/mol. The van der Waals surface area contributed by atoms with Crippen molar-refractivity contribution in [2.45, 2.75) is 50.9 Å². The molecular formula is C12H16S. The Balaban J connectivity index is 2.06. The van der Waals surface area contributed by atoms with E-state index in [0.717, 1.165) is 11.8 Å². The molecule has 2 aliphatic rings. The molecule has 0 spiro atoms. The first-order valence-electron chi connectivity index (χ1n) is 5.51. The van der Waals surface area contributed by atoms with Gasteiger partial charge in [-0.2, -0.15) is 0 Å². The fourth-order valence-electron chi connectivity index (χ4n) is 3.00. The largest absolute Gasteiger partial charge is 0.145 e. The Bertz CT molecular complexity index is 296. The smallest absolute Gasteiger partial charge is 0.0114 e. The van der Waals surface area contributed by atoms with Gasteiger partial charge in [-0.1, -0.05) is 13.3 Å². The van der Waals surface area contributed by atoms with E-state index in [1.54, 1.807) is 15.3 Å². The van der Waals surface area contributed by atoms with Crippen LogP contribution in [0.3, 0.4) is 0 Å². The lowest BCUT2D eigenvalue weighted by Gasteiger charge is -2.18. The Hall–Kier alpha value is -0.300. The van der Waals surface area contributed by atoms with Crippen molar-refractivity contribution in [2.75, 3.05) is 0 Å². The zero-order chi connectivity index (χ0) is 8.84. The number of hydrogen-bond donors (Lipinski definition) is 0. The van der Waals surface area contributed by atoms with E-state index in [1.807, 2.05) is 0 Å². The summed E-state index contributed by atoms with van der Waals surface area (Å²) in [5, 5.41) is 0. The second-order valence-electron chi connectivity index (χ2n) is 4.45. The molecule has 0 aliphatic heterocycles. The van der Waals surface area contributed by atoms with Gasteiger partial charge < -0.3 is 0 Å². The molecule has 0 N–H and O–H groups in total. The van der Waals surface area contributed by atoms with E-state index < -0.39 is 0 Å². The van der Waals surface area contributed by atoms with Crippen molar-refractivity contribution in [3.8, 4) is 0 Å². The van der Waals surface area contributed by atoms with E-state index in [0.29, 0.717) is 0 Å². The molecule has 2 bridgehead atoms. The third-order valence-corrected chi connectivity index (χ3v) is 5.13. The van der Waals surface area contributed by atoms with Gasteiger partial charge in [-0.15, -0.1) is 11.3 Å². The average Bonchev–Trinajstić information content (AvgIpc) is 2.69. The number of thiophene rings is 1. The molecule has 2 aliphatic carbocycles. The Labute approximate surface area is 84.0 Å². The molecule has 0 aromatic carbocycles. The third-order valence-electron chi connectivity index (χ3n) is 3.68. The van der Waals surface area contributed by atoms with Gasteiger partial charge in [0.15, 0.2) is 0 Å². The Morgan fingerprint density at radius 1 is 1.38 bits per heavy atom. The molecule has 0 radical (unpaired) electrons. The predicted octanol–water partition coefficient (Wildman–Crippen LogP) is 4.07. The molecule has 0 amide bonds. The molecule has 3 rings (SSSR count). The molecular weight excluding hydrogens is 176 g/mol. The maximum atomic E-state index is 2.50. The minimum Gasteiger partial charge on any atom is -0.145 e. The van der Waals surface area contributed by atoms with Gasteiger partial charge in [-0.05, 0) is 49.1 Å². The molecule has 0 nitrogen and oxygen atoms in total. The van der Waals surface area contributed by atoms with Gasteiger partial charge in [0, 0.05) is 9.75 Å². The van der Waals surface area contributed by atoms with Crippen LogP contribution in [0.1, 0.15) is 59.8 Å². The van der Waals surface area contributed by atoms with Crippen LogP contribution < -0.4 is 0 Å². The summed E-state index contributed by atoms with van der Waals surface area (Å²) in [7, 11) is 0. The van der Waals surface area contributed by atoms with Crippen molar-refractivity contribution in [1.82, 2.24) is 0 Å². The van der Waals surface area contributed by atoms with Crippen molar-refractivity contribution >= 4 is 11.3 Å². The molecule has 70 valence electrons. The van der Waals surface area contributed by atoms with E-state index >= 15 is 0 Å². The number of aryl methyl sites for hydroxylation is 1. The van der Waals surface area contributed by atoms with E-state index in [-0.39, 0.29) is 0 Å². The van der Waals surface area contributed by atoms with Gasteiger partial charge in [0.2, 0.25) is 0 Å². The molecule has 2 atom stereocenters. The van der Waals surface area contributed by atoms with Crippen LogP contribution in [0, 0.1) is 0 Å². The quantitative estimate of drug-likeness (QED) is 0.629. The van der Waals surface area contributed by atoms with Crippen LogP contribution in [0.5, 0.6) is 0 Å². The molecule has 1 heteroatoms. The topological polar surface area (TPSA) is 0 Å². The van der Waals surface area contributed by atoms with Crippen LogP contribution in [0.25, 0.3) is 0 Å². The number of rotatable bonds is 1. The maximum Gasteiger partial charge on any atom is 0.0114 e. The van der Waals surface area contributed by atoms with Crippen LogP contribution in [-0.4, -0.2) is 0 Å². The van der Waals surface area contributed by atoms with Crippen molar-refractivity contribution in [3.05, 3.63) is 21.4 Å². The number of fused-ring (bicyclic) bond motifs is 5. The lowest BCUT2D eigenvalue weighted by Crippen LogP contribution is -2.01. The second-order valence-corrected chi connectivity index (χ2v) is 5.61. The molecule has 1 aromatic heterocycles. The van der Waals surface area contributed by atoms with Gasteiger partial charge in [0.05, 0.1) is 0 Å². The second kappa shape index (κ2) is 2.84. The monoisotopic (exact) mass is 192 g/mol. The Morgan fingerprint density at radius 2 is 2.23 bits per heavy atom.